The molecule has 1 unspecified atom stereocenters. The van der Waals surface area contributed by atoms with Crippen LogP contribution in [0.1, 0.15) is 56.1 Å². The van der Waals surface area contributed by atoms with E-state index in [2.05, 4.69) is 44.0 Å². The van der Waals surface area contributed by atoms with Gasteiger partial charge < -0.3 is 0 Å². The van der Waals surface area contributed by atoms with Crippen LogP contribution in [0.25, 0.3) is 0 Å². The van der Waals surface area contributed by atoms with Crippen LogP contribution in [-0.4, -0.2) is 9.97 Å². The molecule has 0 N–H and O–H groups in total. The Morgan fingerprint density at radius 1 is 1.10 bits per heavy atom. The van der Waals surface area contributed by atoms with Crippen molar-refractivity contribution in [2.75, 3.05) is 0 Å². The zero-order valence-electron chi connectivity index (χ0n) is 12.3. The molecule has 1 atom stereocenters. The highest BCUT2D eigenvalue weighted by Crippen LogP contribution is 2.25. The number of aromatic nitrogens is 2. The first kappa shape index (κ1) is 15.0. The smallest absolute Gasteiger partial charge is 0.0624 e. The minimum Gasteiger partial charge on any atom is -0.259 e. The zero-order valence-corrected chi connectivity index (χ0v) is 13.1. The highest BCUT2D eigenvalue weighted by molar-refractivity contribution is 6.31. The van der Waals surface area contributed by atoms with Crippen LogP contribution in [0.2, 0.25) is 5.02 Å². The molecule has 2 aromatic rings. The molecular weight excluding hydrogens is 268 g/mol. The number of rotatable bonds is 5. The number of halogens is 1. The van der Waals surface area contributed by atoms with Crippen molar-refractivity contribution in [3.63, 3.8) is 0 Å². The van der Waals surface area contributed by atoms with Crippen LogP contribution in [0.15, 0.2) is 36.5 Å². The standard InChI is InChI=1S/C17H21ClN2/c1-12(2)16-8-4-6-14(20-16)10-9-13(3)17-15(18)7-5-11-19-17/h4-8,11-13H,9-10H2,1-3H3. The summed E-state index contributed by atoms with van der Waals surface area (Å²) in [6, 6.07) is 10.0. The first-order valence-electron chi connectivity index (χ1n) is 7.14. The number of nitrogens with zero attached hydrogens (tertiary/aromatic N) is 2. The minimum absolute atomic E-state index is 0.341. The van der Waals surface area contributed by atoms with Gasteiger partial charge in [0, 0.05) is 23.5 Å². The normalized spacial score (nSPS) is 12.7. The van der Waals surface area contributed by atoms with Crippen molar-refractivity contribution in [2.45, 2.75) is 45.4 Å². The number of hydrogen-bond donors (Lipinski definition) is 0. The van der Waals surface area contributed by atoms with E-state index < -0.39 is 0 Å². The van der Waals surface area contributed by atoms with E-state index in [1.165, 1.54) is 0 Å². The van der Waals surface area contributed by atoms with Crippen molar-refractivity contribution in [1.82, 2.24) is 9.97 Å². The molecule has 0 spiro atoms. The summed E-state index contributed by atoms with van der Waals surface area (Å²) in [5, 5.41) is 0.754. The second kappa shape index (κ2) is 6.85. The van der Waals surface area contributed by atoms with E-state index in [-0.39, 0.29) is 0 Å². The average Bonchev–Trinajstić information content (AvgIpc) is 2.45. The maximum Gasteiger partial charge on any atom is 0.0624 e. The molecule has 0 aromatic carbocycles. The molecule has 0 saturated carbocycles. The lowest BCUT2D eigenvalue weighted by molar-refractivity contribution is 0.649. The van der Waals surface area contributed by atoms with Gasteiger partial charge in [0.15, 0.2) is 0 Å². The Labute approximate surface area is 126 Å². The molecule has 0 radical (unpaired) electrons. The summed E-state index contributed by atoms with van der Waals surface area (Å²) in [5.74, 6) is 0.811. The lowest BCUT2D eigenvalue weighted by Gasteiger charge is -2.13. The van der Waals surface area contributed by atoms with Gasteiger partial charge in [-0.2, -0.15) is 0 Å². The van der Waals surface area contributed by atoms with Crippen LogP contribution >= 0.6 is 11.6 Å². The van der Waals surface area contributed by atoms with E-state index in [0.717, 1.165) is 34.9 Å². The van der Waals surface area contributed by atoms with Crippen LogP contribution in [0.3, 0.4) is 0 Å². The Hall–Kier alpha value is -1.41. The average molecular weight is 289 g/mol. The highest BCUT2D eigenvalue weighted by Gasteiger charge is 2.11. The van der Waals surface area contributed by atoms with Gasteiger partial charge in [-0.1, -0.05) is 38.4 Å². The van der Waals surface area contributed by atoms with Gasteiger partial charge >= 0.3 is 0 Å². The molecule has 106 valence electrons. The van der Waals surface area contributed by atoms with Gasteiger partial charge in [-0.15, -0.1) is 0 Å². The van der Waals surface area contributed by atoms with Crippen molar-refractivity contribution in [3.8, 4) is 0 Å². The molecule has 2 aromatic heterocycles. The molecule has 2 nitrogen and oxygen atoms in total. The van der Waals surface area contributed by atoms with Gasteiger partial charge in [0.1, 0.15) is 0 Å². The second-order valence-corrected chi connectivity index (χ2v) is 5.93. The molecule has 3 heteroatoms. The molecule has 0 fully saturated rings. The van der Waals surface area contributed by atoms with Crippen molar-refractivity contribution in [3.05, 3.63) is 58.6 Å². The highest BCUT2D eigenvalue weighted by atomic mass is 35.5. The van der Waals surface area contributed by atoms with E-state index in [0.29, 0.717) is 11.8 Å². The van der Waals surface area contributed by atoms with Crippen LogP contribution in [0.5, 0.6) is 0 Å². The van der Waals surface area contributed by atoms with Gasteiger partial charge in [-0.3, -0.25) is 9.97 Å². The van der Waals surface area contributed by atoms with Gasteiger partial charge in [0.25, 0.3) is 0 Å². The van der Waals surface area contributed by atoms with Gasteiger partial charge in [0.2, 0.25) is 0 Å². The third-order valence-corrected chi connectivity index (χ3v) is 3.83. The first-order chi connectivity index (χ1) is 9.58. The molecule has 0 saturated heterocycles. The Kier molecular flexibility index (Phi) is 5.13. The fraction of sp³-hybridized carbons (Fsp3) is 0.412. The Morgan fingerprint density at radius 2 is 1.90 bits per heavy atom. The fourth-order valence-electron chi connectivity index (χ4n) is 2.22. The van der Waals surface area contributed by atoms with E-state index in [1.807, 2.05) is 12.1 Å². The fourth-order valence-corrected chi connectivity index (χ4v) is 2.53. The lowest BCUT2D eigenvalue weighted by atomic mass is 9.99. The molecule has 2 heterocycles. The molecular formula is C17H21ClN2. The molecule has 20 heavy (non-hydrogen) atoms. The third-order valence-electron chi connectivity index (χ3n) is 3.51. The summed E-state index contributed by atoms with van der Waals surface area (Å²) in [5.41, 5.74) is 3.29. The second-order valence-electron chi connectivity index (χ2n) is 5.52. The Morgan fingerprint density at radius 3 is 2.60 bits per heavy atom. The predicted octanol–water partition coefficient (Wildman–Crippen LogP) is 4.99. The van der Waals surface area contributed by atoms with Crippen LogP contribution < -0.4 is 0 Å². The molecule has 0 aliphatic heterocycles. The van der Waals surface area contributed by atoms with Crippen molar-refractivity contribution >= 4 is 11.6 Å². The Balaban J connectivity index is 2.02. The predicted molar refractivity (Wildman–Crippen MR) is 84.3 cm³/mol. The summed E-state index contributed by atoms with van der Waals surface area (Å²) in [7, 11) is 0. The molecule has 0 amide bonds. The summed E-state index contributed by atoms with van der Waals surface area (Å²) >= 11 is 6.19. The maximum atomic E-state index is 6.19. The topological polar surface area (TPSA) is 25.8 Å². The number of pyridine rings is 2. The number of aryl methyl sites for hydroxylation is 1. The Bertz CT molecular complexity index is 566. The van der Waals surface area contributed by atoms with Crippen molar-refractivity contribution in [2.24, 2.45) is 0 Å². The van der Waals surface area contributed by atoms with Crippen LogP contribution in [-0.2, 0) is 6.42 Å². The third kappa shape index (κ3) is 3.80. The van der Waals surface area contributed by atoms with E-state index >= 15 is 0 Å². The first-order valence-corrected chi connectivity index (χ1v) is 7.52. The largest absolute Gasteiger partial charge is 0.259 e. The van der Waals surface area contributed by atoms with E-state index in [1.54, 1.807) is 6.20 Å². The lowest BCUT2D eigenvalue weighted by Crippen LogP contribution is -2.02. The molecule has 0 aliphatic carbocycles. The van der Waals surface area contributed by atoms with Gasteiger partial charge in [-0.25, -0.2) is 0 Å². The SMILES string of the molecule is CC(C)c1cccc(CCC(C)c2ncccc2Cl)n1. The van der Waals surface area contributed by atoms with Crippen LogP contribution in [0, 0.1) is 0 Å². The van der Waals surface area contributed by atoms with Crippen molar-refractivity contribution in [1.29, 1.82) is 0 Å². The summed E-state index contributed by atoms with van der Waals surface area (Å²) < 4.78 is 0. The zero-order chi connectivity index (χ0) is 14.5. The summed E-state index contributed by atoms with van der Waals surface area (Å²) in [6.45, 7) is 6.51. The molecule has 0 aliphatic rings. The quantitative estimate of drug-likeness (QED) is 0.774. The van der Waals surface area contributed by atoms with Crippen molar-refractivity contribution < 1.29 is 0 Å². The molecule has 2 rings (SSSR count). The monoisotopic (exact) mass is 288 g/mol. The molecule has 0 bridgehead atoms. The summed E-state index contributed by atoms with van der Waals surface area (Å²) in [4.78, 5) is 9.09. The number of hydrogen-bond acceptors (Lipinski definition) is 2. The van der Waals surface area contributed by atoms with E-state index in [4.69, 9.17) is 16.6 Å². The van der Waals surface area contributed by atoms with Crippen LogP contribution in [0.4, 0.5) is 0 Å². The summed E-state index contributed by atoms with van der Waals surface area (Å²) in [6.07, 6.45) is 3.76. The van der Waals surface area contributed by atoms with E-state index in [9.17, 15) is 0 Å². The van der Waals surface area contributed by atoms with Gasteiger partial charge in [-0.05, 0) is 43.0 Å². The minimum atomic E-state index is 0.341. The van der Waals surface area contributed by atoms with Gasteiger partial charge in [0.05, 0.1) is 10.7 Å². The maximum absolute atomic E-state index is 6.19.